The van der Waals surface area contributed by atoms with Crippen LogP contribution >= 0.6 is 0 Å². The average Bonchev–Trinajstić information content (AvgIpc) is 2.83. The van der Waals surface area contributed by atoms with Crippen LogP contribution in [0.3, 0.4) is 0 Å². The molecule has 0 spiro atoms. The lowest BCUT2D eigenvalue weighted by atomic mass is 9.80. The molecule has 2 fully saturated rings. The minimum Gasteiger partial charge on any atom is -0.438 e. The van der Waals surface area contributed by atoms with E-state index in [2.05, 4.69) is 24.3 Å². The number of rotatable bonds is 6. The topological polar surface area (TPSA) is 70.1 Å². The van der Waals surface area contributed by atoms with Gasteiger partial charge >= 0.3 is 6.09 Å². The standard InChI is InChI=1S/C29H38N2O4/c1-21(23-10-12-24(13-11-23)25-14-17-30(18-15-25)22(2)32)31-19-16-29(35-27(31)33,20-28(3,4)34)26-8-6-5-7-9-26/h5-13,21,25,34H,14-20H2,1-4H3/t21-,29?/m0/s1. The highest BCUT2D eigenvalue weighted by atomic mass is 16.6. The van der Waals surface area contributed by atoms with Crippen molar-refractivity contribution in [3.8, 4) is 0 Å². The molecule has 0 bridgehead atoms. The van der Waals surface area contributed by atoms with Crippen molar-refractivity contribution in [1.29, 1.82) is 0 Å². The highest BCUT2D eigenvalue weighted by molar-refractivity contribution is 5.73. The number of aliphatic hydroxyl groups is 1. The van der Waals surface area contributed by atoms with Gasteiger partial charge in [0.2, 0.25) is 5.91 Å². The van der Waals surface area contributed by atoms with Crippen LogP contribution < -0.4 is 0 Å². The largest absolute Gasteiger partial charge is 0.438 e. The quantitative estimate of drug-likeness (QED) is 0.606. The molecule has 35 heavy (non-hydrogen) atoms. The number of hydrogen-bond donors (Lipinski definition) is 1. The molecule has 0 aromatic heterocycles. The second-order valence-electron chi connectivity index (χ2n) is 10.8. The lowest BCUT2D eigenvalue weighted by Gasteiger charge is -2.45. The van der Waals surface area contributed by atoms with Crippen molar-refractivity contribution < 1.29 is 19.4 Å². The first-order valence-electron chi connectivity index (χ1n) is 12.7. The Labute approximate surface area is 208 Å². The maximum absolute atomic E-state index is 13.3. The van der Waals surface area contributed by atoms with Gasteiger partial charge in [-0.3, -0.25) is 4.79 Å². The maximum Gasteiger partial charge on any atom is 0.411 e. The molecule has 2 atom stereocenters. The third kappa shape index (κ3) is 5.69. The Hall–Kier alpha value is -2.86. The van der Waals surface area contributed by atoms with Crippen LogP contribution in [0, 0.1) is 0 Å². The van der Waals surface area contributed by atoms with E-state index in [-0.39, 0.29) is 18.0 Å². The highest BCUT2D eigenvalue weighted by Gasteiger charge is 2.46. The van der Waals surface area contributed by atoms with Crippen LogP contribution in [-0.2, 0) is 15.1 Å². The molecule has 0 radical (unpaired) electrons. The summed E-state index contributed by atoms with van der Waals surface area (Å²) in [5.74, 6) is 0.614. The third-order valence-corrected chi connectivity index (χ3v) is 7.59. The van der Waals surface area contributed by atoms with E-state index in [0.29, 0.717) is 25.3 Å². The van der Waals surface area contributed by atoms with E-state index in [9.17, 15) is 14.7 Å². The summed E-state index contributed by atoms with van der Waals surface area (Å²) >= 11 is 0. The summed E-state index contributed by atoms with van der Waals surface area (Å²) in [6, 6.07) is 18.2. The van der Waals surface area contributed by atoms with Crippen molar-refractivity contribution in [3.05, 3.63) is 71.3 Å². The van der Waals surface area contributed by atoms with E-state index in [1.165, 1.54) is 5.56 Å². The first kappa shape index (κ1) is 25.2. The predicted molar refractivity (Wildman–Crippen MR) is 136 cm³/mol. The molecular weight excluding hydrogens is 440 g/mol. The summed E-state index contributed by atoms with van der Waals surface area (Å²) < 4.78 is 6.13. The molecule has 188 valence electrons. The lowest BCUT2D eigenvalue weighted by molar-refractivity contribution is -0.129. The van der Waals surface area contributed by atoms with Gasteiger partial charge in [-0.15, -0.1) is 0 Å². The van der Waals surface area contributed by atoms with Gasteiger partial charge in [0, 0.05) is 39.4 Å². The number of amides is 2. The number of carbonyl (C=O) groups is 2. The van der Waals surface area contributed by atoms with E-state index >= 15 is 0 Å². The molecular formula is C29H38N2O4. The van der Waals surface area contributed by atoms with Crippen LogP contribution in [0.4, 0.5) is 4.79 Å². The predicted octanol–water partition coefficient (Wildman–Crippen LogP) is 5.37. The Kier molecular flexibility index (Phi) is 7.22. The number of nitrogens with zero attached hydrogens (tertiary/aromatic N) is 2. The summed E-state index contributed by atoms with van der Waals surface area (Å²) in [7, 11) is 0. The number of benzene rings is 2. The fraction of sp³-hybridized carbons (Fsp3) is 0.517. The van der Waals surface area contributed by atoms with Crippen LogP contribution in [0.5, 0.6) is 0 Å². The van der Waals surface area contributed by atoms with E-state index < -0.39 is 11.2 Å². The van der Waals surface area contributed by atoms with Crippen molar-refractivity contribution in [2.45, 2.75) is 76.5 Å². The van der Waals surface area contributed by atoms with E-state index in [0.717, 1.165) is 37.1 Å². The third-order valence-electron chi connectivity index (χ3n) is 7.59. The van der Waals surface area contributed by atoms with Crippen molar-refractivity contribution in [3.63, 3.8) is 0 Å². The molecule has 2 aliphatic heterocycles. The molecule has 2 heterocycles. The molecule has 2 amide bonds. The van der Waals surface area contributed by atoms with E-state index in [1.54, 1.807) is 25.7 Å². The average molecular weight is 479 g/mol. The summed E-state index contributed by atoms with van der Waals surface area (Å²) in [5, 5.41) is 10.6. The maximum atomic E-state index is 13.3. The number of piperidine rings is 1. The smallest absolute Gasteiger partial charge is 0.411 e. The van der Waals surface area contributed by atoms with Crippen LogP contribution in [0.25, 0.3) is 0 Å². The van der Waals surface area contributed by atoms with Gasteiger partial charge in [-0.2, -0.15) is 0 Å². The van der Waals surface area contributed by atoms with Gasteiger partial charge in [0.25, 0.3) is 0 Å². The van der Waals surface area contributed by atoms with Crippen molar-refractivity contribution >= 4 is 12.0 Å². The van der Waals surface area contributed by atoms with Crippen molar-refractivity contribution in [1.82, 2.24) is 9.80 Å². The van der Waals surface area contributed by atoms with Crippen LogP contribution in [0.1, 0.15) is 82.0 Å². The Morgan fingerprint density at radius 2 is 1.71 bits per heavy atom. The molecule has 2 aromatic rings. The zero-order valence-corrected chi connectivity index (χ0v) is 21.4. The van der Waals surface area contributed by atoms with E-state index in [4.69, 9.17) is 4.74 Å². The first-order chi connectivity index (χ1) is 16.6. The number of ether oxygens (including phenoxy) is 1. The van der Waals surface area contributed by atoms with Gasteiger partial charge in [-0.1, -0.05) is 54.6 Å². The van der Waals surface area contributed by atoms with E-state index in [1.807, 2.05) is 42.2 Å². The Bertz CT molecular complexity index is 1020. The second-order valence-corrected chi connectivity index (χ2v) is 10.8. The summed E-state index contributed by atoms with van der Waals surface area (Å²) in [6.45, 7) is 9.36. The highest BCUT2D eigenvalue weighted by Crippen LogP contribution is 2.42. The molecule has 1 unspecified atom stereocenters. The van der Waals surface area contributed by atoms with Gasteiger partial charge in [-0.05, 0) is 56.2 Å². The molecule has 1 N–H and O–H groups in total. The minimum absolute atomic E-state index is 0.118. The fourth-order valence-electron chi connectivity index (χ4n) is 5.65. The molecule has 6 heteroatoms. The van der Waals surface area contributed by atoms with Crippen LogP contribution in [0.2, 0.25) is 0 Å². The number of carbonyl (C=O) groups excluding carboxylic acids is 2. The van der Waals surface area contributed by atoms with Gasteiger partial charge in [0.1, 0.15) is 5.60 Å². The Morgan fingerprint density at radius 1 is 1.09 bits per heavy atom. The summed E-state index contributed by atoms with van der Waals surface area (Å²) in [4.78, 5) is 28.6. The van der Waals surface area contributed by atoms with Crippen molar-refractivity contribution in [2.24, 2.45) is 0 Å². The molecule has 2 saturated heterocycles. The number of hydrogen-bond acceptors (Lipinski definition) is 4. The van der Waals surface area contributed by atoms with Gasteiger partial charge < -0.3 is 19.6 Å². The molecule has 4 rings (SSSR count). The summed E-state index contributed by atoms with van der Waals surface area (Å²) in [6.07, 6.45) is 2.57. The van der Waals surface area contributed by atoms with Gasteiger partial charge in [-0.25, -0.2) is 4.79 Å². The molecule has 2 aliphatic rings. The molecule has 0 aliphatic carbocycles. The minimum atomic E-state index is -0.972. The van der Waals surface area contributed by atoms with Crippen LogP contribution in [0.15, 0.2) is 54.6 Å². The number of cyclic esters (lactones) is 1. The van der Waals surface area contributed by atoms with Crippen molar-refractivity contribution in [2.75, 3.05) is 19.6 Å². The zero-order valence-electron chi connectivity index (χ0n) is 21.4. The SMILES string of the molecule is CC(=O)N1CCC(c2ccc([C@H](C)N3CCC(CC(C)(C)O)(c4ccccc4)OC3=O)cc2)CC1. The van der Waals surface area contributed by atoms with Gasteiger partial charge in [0.15, 0.2) is 0 Å². The zero-order chi connectivity index (χ0) is 25.2. The molecule has 6 nitrogen and oxygen atoms in total. The Morgan fingerprint density at radius 3 is 2.26 bits per heavy atom. The summed E-state index contributed by atoms with van der Waals surface area (Å²) in [5.41, 5.74) is 1.47. The number of likely N-dealkylation sites (tertiary alicyclic amines) is 1. The van der Waals surface area contributed by atoms with Crippen LogP contribution in [-0.4, -0.2) is 52.1 Å². The molecule has 0 saturated carbocycles. The van der Waals surface area contributed by atoms with Gasteiger partial charge in [0.05, 0.1) is 11.6 Å². The first-order valence-corrected chi connectivity index (χ1v) is 12.7. The Balaban J connectivity index is 1.45. The normalized spacial score (nSPS) is 22.6. The molecule has 2 aromatic carbocycles. The monoisotopic (exact) mass is 478 g/mol. The second kappa shape index (κ2) is 10.0. The lowest BCUT2D eigenvalue weighted by Crippen LogP contribution is -2.51. The fourth-order valence-corrected chi connectivity index (χ4v) is 5.65.